The highest BCUT2D eigenvalue weighted by molar-refractivity contribution is 5.71. The Morgan fingerprint density at radius 1 is 0.826 bits per heavy atom. The van der Waals surface area contributed by atoms with Gasteiger partial charge in [-0.1, -0.05) is 26.7 Å². The lowest BCUT2D eigenvalue weighted by Crippen LogP contribution is -2.27. The van der Waals surface area contributed by atoms with Crippen molar-refractivity contribution in [1.29, 1.82) is 0 Å². The average molecular weight is 332 g/mol. The van der Waals surface area contributed by atoms with Gasteiger partial charge in [-0.05, 0) is 12.8 Å². The van der Waals surface area contributed by atoms with Crippen molar-refractivity contribution in [3.63, 3.8) is 0 Å². The first kappa shape index (κ1) is 21.0. The Labute approximate surface area is 137 Å². The zero-order chi connectivity index (χ0) is 17.5. The summed E-state index contributed by atoms with van der Waals surface area (Å²) in [7, 11) is 1.33. The Kier molecular flexibility index (Phi) is 12.5. The van der Waals surface area contributed by atoms with Gasteiger partial charge in [0.2, 0.25) is 0 Å². The summed E-state index contributed by atoms with van der Waals surface area (Å²) < 4.78 is 14.2. The molecule has 0 rings (SSSR count). The number of ether oxygens (including phenoxy) is 3. The van der Waals surface area contributed by atoms with Crippen molar-refractivity contribution >= 4 is 18.2 Å². The molecule has 23 heavy (non-hydrogen) atoms. The predicted molar refractivity (Wildman–Crippen MR) is 84.0 cm³/mol. The van der Waals surface area contributed by atoms with Crippen molar-refractivity contribution in [2.45, 2.75) is 39.5 Å². The van der Waals surface area contributed by atoms with E-state index in [1.165, 1.54) is 7.11 Å². The number of rotatable bonds is 11. The van der Waals surface area contributed by atoms with Crippen molar-refractivity contribution in [2.24, 2.45) is 5.92 Å². The summed E-state index contributed by atoms with van der Waals surface area (Å²) in [6.45, 7) is 4.69. The van der Waals surface area contributed by atoms with Gasteiger partial charge in [-0.15, -0.1) is 0 Å². The summed E-state index contributed by atoms with van der Waals surface area (Å²) in [6, 6.07) is 0. The van der Waals surface area contributed by atoms with Crippen molar-refractivity contribution in [3.05, 3.63) is 0 Å². The molecular weight excluding hydrogens is 304 g/mol. The van der Waals surface area contributed by atoms with Gasteiger partial charge >= 0.3 is 18.2 Å². The third kappa shape index (κ3) is 13.4. The van der Waals surface area contributed by atoms with Crippen LogP contribution in [-0.4, -0.2) is 51.6 Å². The summed E-state index contributed by atoms with van der Waals surface area (Å²) in [5.41, 5.74) is 0. The second-order valence-corrected chi connectivity index (χ2v) is 5.22. The monoisotopic (exact) mass is 332 g/mol. The highest BCUT2D eigenvalue weighted by atomic mass is 16.6. The van der Waals surface area contributed by atoms with E-state index in [-0.39, 0.29) is 25.1 Å². The van der Waals surface area contributed by atoms with E-state index in [2.05, 4.69) is 15.4 Å². The van der Waals surface area contributed by atoms with E-state index in [0.29, 0.717) is 13.1 Å². The zero-order valence-electron chi connectivity index (χ0n) is 14.2. The maximum Gasteiger partial charge on any atom is 0.407 e. The minimum atomic E-state index is -0.516. The molecule has 0 fully saturated rings. The van der Waals surface area contributed by atoms with Gasteiger partial charge in [0.25, 0.3) is 0 Å². The third-order valence-corrected chi connectivity index (χ3v) is 2.86. The molecule has 0 aliphatic rings. The quantitative estimate of drug-likeness (QED) is 0.340. The molecule has 0 radical (unpaired) electrons. The van der Waals surface area contributed by atoms with Crippen LogP contribution in [0.2, 0.25) is 0 Å². The summed E-state index contributed by atoms with van der Waals surface area (Å²) >= 11 is 0. The molecule has 0 aromatic rings. The fraction of sp³-hybridized carbons (Fsp3) is 0.800. The number of methoxy groups -OCH3 is 1. The van der Waals surface area contributed by atoms with Gasteiger partial charge in [-0.25, -0.2) is 9.59 Å². The smallest absolute Gasteiger partial charge is 0.407 e. The number of esters is 1. The van der Waals surface area contributed by atoms with E-state index in [4.69, 9.17) is 9.47 Å². The van der Waals surface area contributed by atoms with Crippen LogP contribution in [0.5, 0.6) is 0 Å². The fourth-order valence-corrected chi connectivity index (χ4v) is 1.55. The largest absolute Gasteiger partial charge is 0.462 e. The molecule has 0 heterocycles. The lowest BCUT2D eigenvalue weighted by Gasteiger charge is -2.09. The van der Waals surface area contributed by atoms with Crippen LogP contribution in [0.4, 0.5) is 9.59 Å². The Morgan fingerprint density at radius 2 is 1.35 bits per heavy atom. The number of nitrogens with one attached hydrogen (secondary N) is 2. The van der Waals surface area contributed by atoms with Gasteiger partial charge < -0.3 is 24.8 Å². The maximum atomic E-state index is 11.3. The van der Waals surface area contributed by atoms with Crippen LogP contribution >= 0.6 is 0 Å². The van der Waals surface area contributed by atoms with Crippen LogP contribution in [0.3, 0.4) is 0 Å². The summed E-state index contributed by atoms with van der Waals surface area (Å²) in [5.74, 6) is -0.498. The van der Waals surface area contributed by atoms with Crippen molar-refractivity contribution in [2.75, 3.05) is 33.4 Å². The van der Waals surface area contributed by atoms with E-state index >= 15 is 0 Å². The Balaban J connectivity index is 3.34. The first-order valence-electron chi connectivity index (χ1n) is 7.86. The van der Waals surface area contributed by atoms with Crippen LogP contribution in [0.15, 0.2) is 0 Å². The number of unbranched alkanes of at least 4 members (excludes halogenated alkanes) is 3. The number of hydrogen-bond acceptors (Lipinski definition) is 6. The third-order valence-electron chi connectivity index (χ3n) is 2.86. The molecule has 0 aromatic heterocycles. The molecule has 8 nitrogen and oxygen atoms in total. The molecule has 8 heteroatoms. The van der Waals surface area contributed by atoms with Crippen LogP contribution in [0, 0.1) is 5.92 Å². The van der Waals surface area contributed by atoms with Crippen LogP contribution in [0.25, 0.3) is 0 Å². The molecule has 0 atom stereocenters. The molecular formula is C15H28N2O6. The standard InChI is InChI=1S/C15H28N2O6/c1-12(2)13(18)22-10-11-23-15(20)17-9-7-5-4-6-8-16-14(19)21-3/h12H,4-11H2,1-3H3,(H,16,19)(H,17,20). The predicted octanol–water partition coefficient (Wildman–Crippen LogP) is 1.83. The van der Waals surface area contributed by atoms with Gasteiger partial charge in [0.05, 0.1) is 13.0 Å². The first-order chi connectivity index (χ1) is 11.0. The molecule has 2 N–H and O–H groups in total. The molecule has 0 spiro atoms. The molecule has 2 amide bonds. The molecule has 0 saturated heterocycles. The second kappa shape index (κ2) is 13.7. The van der Waals surface area contributed by atoms with Crippen LogP contribution in [-0.2, 0) is 19.0 Å². The molecule has 0 aliphatic heterocycles. The second-order valence-electron chi connectivity index (χ2n) is 5.22. The lowest BCUT2D eigenvalue weighted by molar-refractivity contribution is -0.148. The van der Waals surface area contributed by atoms with Gasteiger partial charge in [0.1, 0.15) is 13.2 Å². The minimum absolute atomic E-state index is 0.0451. The molecule has 0 unspecified atom stereocenters. The summed E-state index contributed by atoms with van der Waals surface area (Å²) in [4.78, 5) is 33.3. The zero-order valence-corrected chi connectivity index (χ0v) is 14.2. The van der Waals surface area contributed by atoms with Crippen molar-refractivity contribution in [1.82, 2.24) is 10.6 Å². The highest BCUT2D eigenvalue weighted by Crippen LogP contribution is 1.98. The van der Waals surface area contributed by atoms with Crippen LogP contribution in [0.1, 0.15) is 39.5 Å². The Hall–Kier alpha value is -1.99. The number of amides is 2. The van der Waals surface area contributed by atoms with Crippen molar-refractivity contribution < 1.29 is 28.6 Å². The average Bonchev–Trinajstić information content (AvgIpc) is 2.53. The van der Waals surface area contributed by atoms with E-state index < -0.39 is 12.2 Å². The van der Waals surface area contributed by atoms with Crippen LogP contribution < -0.4 is 10.6 Å². The van der Waals surface area contributed by atoms with Crippen molar-refractivity contribution in [3.8, 4) is 0 Å². The molecule has 0 aromatic carbocycles. The lowest BCUT2D eigenvalue weighted by atomic mass is 10.2. The highest BCUT2D eigenvalue weighted by Gasteiger charge is 2.08. The van der Waals surface area contributed by atoms with Gasteiger partial charge in [0.15, 0.2) is 0 Å². The minimum Gasteiger partial charge on any atom is -0.462 e. The van der Waals surface area contributed by atoms with E-state index in [1.807, 2.05) is 0 Å². The molecule has 0 bridgehead atoms. The topological polar surface area (TPSA) is 103 Å². The Bertz CT molecular complexity index is 360. The summed E-state index contributed by atoms with van der Waals surface area (Å²) in [5, 5.41) is 5.22. The molecule has 0 aliphatic carbocycles. The van der Waals surface area contributed by atoms with Gasteiger partial charge in [-0.3, -0.25) is 4.79 Å². The van der Waals surface area contributed by atoms with E-state index in [1.54, 1.807) is 13.8 Å². The maximum absolute atomic E-state index is 11.3. The molecule has 0 saturated carbocycles. The number of carbonyl (C=O) groups excluding carboxylic acids is 3. The van der Waals surface area contributed by atoms with Gasteiger partial charge in [-0.2, -0.15) is 0 Å². The SMILES string of the molecule is COC(=O)NCCCCCCNC(=O)OCCOC(=O)C(C)C. The number of carbonyl (C=O) groups is 3. The Morgan fingerprint density at radius 3 is 1.87 bits per heavy atom. The normalized spacial score (nSPS) is 10.1. The number of alkyl carbamates (subject to hydrolysis) is 2. The summed E-state index contributed by atoms with van der Waals surface area (Å²) in [6.07, 6.45) is 2.64. The van der Waals surface area contributed by atoms with Gasteiger partial charge in [0, 0.05) is 13.1 Å². The number of hydrogen-bond donors (Lipinski definition) is 2. The van der Waals surface area contributed by atoms with E-state index in [9.17, 15) is 14.4 Å². The van der Waals surface area contributed by atoms with E-state index in [0.717, 1.165) is 25.7 Å². The molecule has 134 valence electrons. The first-order valence-corrected chi connectivity index (χ1v) is 7.86. The fourth-order valence-electron chi connectivity index (χ4n) is 1.55.